The maximum absolute atomic E-state index is 13.5. The molecule has 33 heavy (non-hydrogen) atoms. The lowest BCUT2D eigenvalue weighted by Crippen LogP contribution is -2.56. The topological polar surface area (TPSA) is 87.2 Å². The van der Waals surface area contributed by atoms with Gasteiger partial charge in [0.15, 0.2) is 0 Å². The normalized spacial score (nSPS) is 17.9. The van der Waals surface area contributed by atoms with Crippen LogP contribution in [0.3, 0.4) is 0 Å². The Labute approximate surface area is 194 Å². The van der Waals surface area contributed by atoms with Crippen molar-refractivity contribution in [2.45, 2.75) is 31.7 Å². The first-order valence-corrected chi connectivity index (χ1v) is 11.2. The van der Waals surface area contributed by atoms with Crippen molar-refractivity contribution in [2.75, 3.05) is 25.5 Å². The summed E-state index contributed by atoms with van der Waals surface area (Å²) in [4.78, 5) is 36.9. The van der Waals surface area contributed by atoms with E-state index < -0.39 is 5.41 Å². The van der Waals surface area contributed by atoms with E-state index in [0.717, 1.165) is 23.2 Å². The molecule has 1 fully saturated rings. The number of nitrogens with zero attached hydrogens (tertiary/aromatic N) is 3. The Kier molecular flexibility index (Phi) is 6.68. The van der Waals surface area contributed by atoms with E-state index in [-0.39, 0.29) is 11.8 Å². The minimum absolute atomic E-state index is 0.0802. The molecule has 1 saturated heterocycles. The number of pyridine rings is 2. The Bertz CT molecular complexity index is 1120. The number of hydrogen-bond donors (Lipinski definition) is 2. The predicted octanol–water partition coefficient (Wildman–Crippen LogP) is 3.32. The number of benzene rings is 1. The van der Waals surface area contributed by atoms with Crippen molar-refractivity contribution in [1.29, 1.82) is 0 Å². The number of amides is 2. The van der Waals surface area contributed by atoms with Crippen molar-refractivity contribution < 1.29 is 9.59 Å². The van der Waals surface area contributed by atoms with Crippen molar-refractivity contribution in [1.82, 2.24) is 20.2 Å². The van der Waals surface area contributed by atoms with Gasteiger partial charge in [-0.2, -0.15) is 0 Å². The Morgan fingerprint density at radius 2 is 2.00 bits per heavy atom. The summed E-state index contributed by atoms with van der Waals surface area (Å²) >= 11 is 0. The van der Waals surface area contributed by atoms with Crippen LogP contribution in [0, 0.1) is 6.92 Å². The number of piperidine rings is 1. The first kappa shape index (κ1) is 22.5. The summed E-state index contributed by atoms with van der Waals surface area (Å²) in [7, 11) is 1.63. The molecule has 0 bridgehead atoms. The number of aromatic nitrogens is 2. The molecule has 0 aliphatic carbocycles. The van der Waals surface area contributed by atoms with Gasteiger partial charge in [0, 0.05) is 56.5 Å². The zero-order valence-corrected chi connectivity index (χ0v) is 19.0. The molecule has 2 aromatic heterocycles. The van der Waals surface area contributed by atoms with Crippen LogP contribution in [0.2, 0.25) is 0 Å². The molecular weight excluding hydrogens is 414 g/mol. The third-order valence-corrected chi connectivity index (χ3v) is 6.29. The Morgan fingerprint density at radius 1 is 1.12 bits per heavy atom. The Morgan fingerprint density at radius 3 is 2.73 bits per heavy atom. The molecule has 2 amide bonds. The summed E-state index contributed by atoms with van der Waals surface area (Å²) in [6, 6.07) is 15.2. The van der Waals surface area contributed by atoms with Gasteiger partial charge in [-0.1, -0.05) is 18.2 Å². The van der Waals surface area contributed by atoms with Crippen LogP contribution in [0.5, 0.6) is 0 Å². The number of likely N-dealkylation sites (N-methyl/N-ethyl adjacent to an activating group) is 1. The van der Waals surface area contributed by atoms with Crippen molar-refractivity contribution in [3.8, 4) is 0 Å². The number of rotatable bonds is 6. The van der Waals surface area contributed by atoms with Gasteiger partial charge in [0.2, 0.25) is 5.91 Å². The number of hydrogen-bond acceptors (Lipinski definition) is 5. The van der Waals surface area contributed by atoms with Crippen LogP contribution in [0.4, 0.5) is 5.69 Å². The van der Waals surface area contributed by atoms with Crippen LogP contribution < -0.4 is 10.6 Å². The molecule has 1 aliphatic heterocycles. The minimum Gasteiger partial charge on any atom is -0.381 e. The van der Waals surface area contributed by atoms with Gasteiger partial charge in [-0.25, -0.2) is 0 Å². The molecule has 1 atom stereocenters. The van der Waals surface area contributed by atoms with Crippen molar-refractivity contribution in [2.24, 2.45) is 0 Å². The molecular formula is C26H29N5O2. The monoisotopic (exact) mass is 443 g/mol. The highest BCUT2D eigenvalue weighted by molar-refractivity contribution is 5.96. The van der Waals surface area contributed by atoms with E-state index in [1.165, 1.54) is 0 Å². The summed E-state index contributed by atoms with van der Waals surface area (Å²) in [5, 5.41) is 6.20. The number of carbonyl (C=O) groups is 2. The second-order valence-electron chi connectivity index (χ2n) is 8.45. The predicted molar refractivity (Wildman–Crippen MR) is 128 cm³/mol. The average Bonchev–Trinajstić information content (AvgIpc) is 2.88. The number of aryl methyl sites for hydroxylation is 1. The highest BCUT2D eigenvalue weighted by atomic mass is 16.2. The van der Waals surface area contributed by atoms with E-state index in [0.29, 0.717) is 37.3 Å². The minimum atomic E-state index is -0.851. The highest BCUT2D eigenvalue weighted by Gasteiger charge is 2.45. The van der Waals surface area contributed by atoms with Gasteiger partial charge in [0.1, 0.15) is 5.41 Å². The fourth-order valence-electron chi connectivity index (χ4n) is 4.45. The average molecular weight is 444 g/mol. The zero-order chi connectivity index (χ0) is 23.3. The molecule has 2 N–H and O–H groups in total. The van der Waals surface area contributed by atoms with Gasteiger partial charge in [-0.05, 0) is 61.2 Å². The van der Waals surface area contributed by atoms with E-state index in [1.54, 1.807) is 24.3 Å². The second-order valence-corrected chi connectivity index (χ2v) is 8.45. The van der Waals surface area contributed by atoms with Crippen LogP contribution in [-0.4, -0.2) is 46.8 Å². The van der Waals surface area contributed by atoms with Crippen LogP contribution in [0.1, 0.15) is 40.0 Å². The number of likely N-dealkylation sites (tertiary alicyclic amines) is 1. The van der Waals surface area contributed by atoms with E-state index in [1.807, 2.05) is 61.7 Å². The van der Waals surface area contributed by atoms with Gasteiger partial charge in [-0.3, -0.25) is 19.6 Å². The standard InChI is InChI=1S/C26H29N5O2/c1-19-9-10-21(15-22(19)30-17-20-7-5-12-28-16-20)24(32)31-14-6-11-26(18-31,25(33)27-2)23-8-3-4-13-29-23/h3-5,7-10,12-13,15-16,30H,6,11,14,17-18H2,1-2H3,(H,27,33)/t26-/m0/s1. The molecule has 0 radical (unpaired) electrons. The van der Waals surface area contributed by atoms with Gasteiger partial charge >= 0.3 is 0 Å². The Balaban J connectivity index is 1.56. The largest absolute Gasteiger partial charge is 0.381 e. The van der Waals surface area contributed by atoms with Gasteiger partial charge < -0.3 is 15.5 Å². The molecule has 1 aromatic carbocycles. The van der Waals surface area contributed by atoms with Crippen molar-refractivity contribution >= 4 is 17.5 Å². The molecule has 7 heteroatoms. The van der Waals surface area contributed by atoms with Crippen molar-refractivity contribution in [3.63, 3.8) is 0 Å². The highest BCUT2D eigenvalue weighted by Crippen LogP contribution is 2.34. The third kappa shape index (κ3) is 4.72. The van der Waals surface area contributed by atoms with E-state index in [4.69, 9.17) is 0 Å². The maximum Gasteiger partial charge on any atom is 0.253 e. The summed E-state index contributed by atoms with van der Waals surface area (Å²) in [6.07, 6.45) is 6.64. The smallest absolute Gasteiger partial charge is 0.253 e. The number of nitrogens with one attached hydrogen (secondary N) is 2. The lowest BCUT2D eigenvalue weighted by Gasteiger charge is -2.41. The maximum atomic E-state index is 13.5. The van der Waals surface area contributed by atoms with Gasteiger partial charge in [0.05, 0.1) is 5.69 Å². The summed E-state index contributed by atoms with van der Waals surface area (Å²) in [6.45, 7) is 3.54. The summed E-state index contributed by atoms with van der Waals surface area (Å²) in [5.74, 6) is -0.190. The van der Waals surface area contributed by atoms with Crippen LogP contribution in [0.25, 0.3) is 0 Å². The SMILES string of the molecule is CNC(=O)[C@@]1(c2ccccn2)CCCN(C(=O)c2ccc(C)c(NCc3cccnc3)c2)C1. The van der Waals surface area contributed by atoms with Crippen LogP contribution in [0.15, 0.2) is 67.1 Å². The van der Waals surface area contributed by atoms with Gasteiger partial charge in [0.25, 0.3) is 5.91 Å². The molecule has 4 rings (SSSR count). The third-order valence-electron chi connectivity index (χ3n) is 6.29. The second kappa shape index (κ2) is 9.81. The summed E-state index contributed by atoms with van der Waals surface area (Å²) in [5.41, 5.74) is 3.48. The lowest BCUT2D eigenvalue weighted by atomic mass is 9.75. The van der Waals surface area contributed by atoms with E-state index in [9.17, 15) is 9.59 Å². The zero-order valence-electron chi connectivity index (χ0n) is 19.0. The van der Waals surface area contributed by atoms with Crippen LogP contribution >= 0.6 is 0 Å². The fraction of sp³-hybridized carbons (Fsp3) is 0.308. The molecule has 0 saturated carbocycles. The molecule has 0 spiro atoms. The van der Waals surface area contributed by atoms with Crippen molar-refractivity contribution in [3.05, 3.63) is 89.5 Å². The van der Waals surface area contributed by atoms with E-state index in [2.05, 4.69) is 20.6 Å². The lowest BCUT2D eigenvalue weighted by molar-refractivity contribution is -0.128. The first-order chi connectivity index (χ1) is 16.0. The van der Waals surface area contributed by atoms with Gasteiger partial charge in [-0.15, -0.1) is 0 Å². The quantitative estimate of drug-likeness (QED) is 0.610. The number of anilines is 1. The molecule has 170 valence electrons. The van der Waals surface area contributed by atoms with E-state index >= 15 is 0 Å². The first-order valence-electron chi connectivity index (χ1n) is 11.2. The molecule has 0 unspecified atom stereocenters. The molecule has 3 heterocycles. The molecule has 3 aromatic rings. The van der Waals surface area contributed by atoms with Crippen LogP contribution in [-0.2, 0) is 16.8 Å². The fourth-order valence-corrected chi connectivity index (χ4v) is 4.45. The Hall–Kier alpha value is -3.74. The summed E-state index contributed by atoms with van der Waals surface area (Å²) < 4.78 is 0. The molecule has 1 aliphatic rings. The molecule has 7 nitrogen and oxygen atoms in total. The number of carbonyl (C=O) groups excluding carboxylic acids is 2.